The van der Waals surface area contributed by atoms with Gasteiger partial charge in [-0.05, 0) is 50.7 Å². The number of carbonyl (C=O) groups excluding carboxylic acids is 1. The van der Waals surface area contributed by atoms with Crippen LogP contribution in [0.15, 0.2) is 12.1 Å². The molecule has 2 N–H and O–H groups in total. The summed E-state index contributed by atoms with van der Waals surface area (Å²) >= 11 is 0. The van der Waals surface area contributed by atoms with Crippen molar-refractivity contribution < 1.29 is 33.6 Å². The highest BCUT2D eigenvalue weighted by Gasteiger charge is 2.32. The summed E-state index contributed by atoms with van der Waals surface area (Å²) in [6.45, 7) is 11.1. The molecule has 240 valence electrons. The van der Waals surface area contributed by atoms with E-state index in [4.69, 9.17) is 34.7 Å². The summed E-state index contributed by atoms with van der Waals surface area (Å²) in [4.78, 5) is 35.2. The Bertz CT molecular complexity index is 1370. The van der Waals surface area contributed by atoms with Crippen LogP contribution in [0.3, 0.4) is 0 Å². The number of halogens is 1. The van der Waals surface area contributed by atoms with Gasteiger partial charge in [0.2, 0.25) is 0 Å². The van der Waals surface area contributed by atoms with Crippen LogP contribution in [0, 0.1) is 16.7 Å². The Hall–Kier alpha value is -3.92. The van der Waals surface area contributed by atoms with Crippen LogP contribution in [-0.4, -0.2) is 70.5 Å². The standard InChI is InChI=1S/C31H41N5O7.BrH/c1-6-40-29-30(41-7-2)35-26-22(34-29)18-36(28(26)33)19-23(37)20-16-21(31(3,4)5)27(43-15-10-8-12-25(38)39)24(17-20)42-14-11-9-13-32;/h16-17,33H,6-12,14-15,18-19H2,1-5H3,(H,38,39);1H. The predicted octanol–water partition coefficient (Wildman–Crippen LogP) is 5.49. The number of ketones is 1. The minimum Gasteiger partial charge on any atom is -0.490 e. The van der Waals surface area contributed by atoms with Crippen LogP contribution < -0.4 is 18.9 Å². The number of benzene rings is 1. The number of nitrogens with zero attached hydrogens (tertiary/aromatic N) is 4. The van der Waals surface area contributed by atoms with Gasteiger partial charge >= 0.3 is 5.97 Å². The molecule has 2 aromatic rings. The smallest absolute Gasteiger partial charge is 0.303 e. The van der Waals surface area contributed by atoms with Gasteiger partial charge in [-0.3, -0.25) is 15.0 Å². The third-order valence-electron chi connectivity index (χ3n) is 6.59. The fourth-order valence-electron chi connectivity index (χ4n) is 4.47. The number of Topliss-reactive ketones (excluding diaryl/α,β-unsaturated/α-hetero) is 1. The van der Waals surface area contributed by atoms with Crippen molar-refractivity contribution in [3.8, 4) is 29.3 Å². The van der Waals surface area contributed by atoms with E-state index in [2.05, 4.69) is 16.0 Å². The second kappa shape index (κ2) is 16.8. The average Bonchev–Trinajstić information content (AvgIpc) is 3.24. The molecule has 0 spiro atoms. The number of rotatable bonds is 17. The number of nitrogens with one attached hydrogen (secondary N) is 1. The molecule has 0 atom stereocenters. The first-order valence-corrected chi connectivity index (χ1v) is 14.6. The first-order chi connectivity index (χ1) is 20.5. The van der Waals surface area contributed by atoms with Gasteiger partial charge in [0.25, 0.3) is 11.8 Å². The topological polar surface area (TPSA) is 168 Å². The summed E-state index contributed by atoms with van der Waals surface area (Å²) in [6.07, 6.45) is 1.90. The fourth-order valence-corrected chi connectivity index (χ4v) is 4.47. The van der Waals surface area contributed by atoms with Crippen molar-refractivity contribution in [3.05, 3.63) is 34.6 Å². The number of hydrogen-bond donors (Lipinski definition) is 2. The third kappa shape index (κ3) is 9.54. The van der Waals surface area contributed by atoms with Crippen molar-refractivity contribution in [1.29, 1.82) is 10.7 Å². The Kier molecular flexibility index (Phi) is 13.8. The lowest BCUT2D eigenvalue weighted by Crippen LogP contribution is -2.30. The molecule has 0 radical (unpaired) electrons. The first-order valence-electron chi connectivity index (χ1n) is 14.6. The zero-order valence-corrected chi connectivity index (χ0v) is 27.7. The zero-order chi connectivity index (χ0) is 31.6. The predicted molar refractivity (Wildman–Crippen MR) is 169 cm³/mol. The van der Waals surface area contributed by atoms with E-state index in [1.807, 2.05) is 34.6 Å². The van der Waals surface area contributed by atoms with Gasteiger partial charge in [0.05, 0.1) is 51.3 Å². The average molecular weight is 677 g/mol. The molecule has 0 saturated heterocycles. The summed E-state index contributed by atoms with van der Waals surface area (Å²) < 4.78 is 23.3. The van der Waals surface area contributed by atoms with Crippen molar-refractivity contribution in [2.24, 2.45) is 0 Å². The molecule has 1 aromatic carbocycles. The molecule has 2 heterocycles. The molecule has 0 fully saturated rings. The van der Waals surface area contributed by atoms with Gasteiger partial charge in [-0.25, -0.2) is 9.97 Å². The Morgan fingerprint density at radius 1 is 1.02 bits per heavy atom. The minimum atomic E-state index is -0.857. The number of aliphatic carboxylic acids is 1. The van der Waals surface area contributed by atoms with Gasteiger partial charge in [0.1, 0.15) is 11.5 Å². The van der Waals surface area contributed by atoms with E-state index in [1.54, 1.807) is 17.0 Å². The summed E-state index contributed by atoms with van der Waals surface area (Å²) in [5.41, 5.74) is 1.62. The number of unbranched alkanes of at least 4 members (excludes halogenated alkanes) is 2. The highest BCUT2D eigenvalue weighted by Crippen LogP contribution is 2.40. The molecule has 0 saturated carbocycles. The van der Waals surface area contributed by atoms with E-state index in [9.17, 15) is 9.59 Å². The molecule has 0 aliphatic carbocycles. The van der Waals surface area contributed by atoms with Crippen LogP contribution in [0.1, 0.15) is 94.0 Å². The molecule has 3 rings (SSSR count). The number of carboxylic acids is 1. The van der Waals surface area contributed by atoms with Crippen LogP contribution in [0.4, 0.5) is 0 Å². The maximum absolute atomic E-state index is 13.7. The molecular formula is C31H42BrN5O7. The minimum absolute atomic E-state index is 0. The van der Waals surface area contributed by atoms with Gasteiger partial charge < -0.3 is 29.0 Å². The molecule has 0 amide bonds. The van der Waals surface area contributed by atoms with Crippen molar-refractivity contribution in [2.75, 3.05) is 33.0 Å². The van der Waals surface area contributed by atoms with Gasteiger partial charge in [-0.2, -0.15) is 5.26 Å². The van der Waals surface area contributed by atoms with E-state index in [0.29, 0.717) is 67.3 Å². The quantitative estimate of drug-likeness (QED) is 0.161. The third-order valence-corrected chi connectivity index (χ3v) is 6.59. The summed E-state index contributed by atoms with van der Waals surface area (Å²) in [6, 6.07) is 5.53. The Morgan fingerprint density at radius 2 is 1.68 bits per heavy atom. The van der Waals surface area contributed by atoms with Crippen LogP contribution in [0.2, 0.25) is 0 Å². The second-order valence-electron chi connectivity index (χ2n) is 11.0. The maximum atomic E-state index is 13.7. The largest absolute Gasteiger partial charge is 0.490 e. The summed E-state index contributed by atoms with van der Waals surface area (Å²) in [7, 11) is 0. The number of ether oxygens (including phenoxy) is 4. The Balaban J connectivity index is 0.00000675. The van der Waals surface area contributed by atoms with E-state index < -0.39 is 11.4 Å². The lowest BCUT2D eigenvalue weighted by atomic mass is 9.84. The molecule has 1 aliphatic heterocycles. The molecule has 44 heavy (non-hydrogen) atoms. The first kappa shape index (κ1) is 36.3. The number of nitriles is 1. The highest BCUT2D eigenvalue weighted by molar-refractivity contribution is 8.93. The number of hydrogen-bond acceptors (Lipinski definition) is 10. The normalized spacial score (nSPS) is 12.2. The number of amidine groups is 1. The van der Waals surface area contributed by atoms with E-state index in [-0.39, 0.29) is 73.1 Å². The summed E-state index contributed by atoms with van der Waals surface area (Å²) in [5, 5.41) is 26.6. The van der Waals surface area contributed by atoms with Gasteiger partial charge in [0, 0.05) is 24.0 Å². The number of carboxylic acid groups (broad SMARTS) is 1. The lowest BCUT2D eigenvalue weighted by Gasteiger charge is -2.26. The molecule has 13 heteroatoms. The second-order valence-corrected chi connectivity index (χ2v) is 11.0. The van der Waals surface area contributed by atoms with Crippen LogP contribution >= 0.6 is 17.0 Å². The molecular weight excluding hydrogens is 634 g/mol. The Labute approximate surface area is 269 Å². The molecule has 1 aromatic heterocycles. The highest BCUT2D eigenvalue weighted by atomic mass is 79.9. The van der Waals surface area contributed by atoms with Crippen molar-refractivity contribution in [3.63, 3.8) is 0 Å². The maximum Gasteiger partial charge on any atom is 0.303 e. The fraction of sp³-hybridized carbons (Fsp3) is 0.548. The van der Waals surface area contributed by atoms with Gasteiger partial charge in [-0.15, -0.1) is 17.0 Å². The number of carbonyl (C=O) groups is 2. The molecule has 0 unspecified atom stereocenters. The van der Waals surface area contributed by atoms with E-state index in [0.717, 1.165) is 5.56 Å². The SMILES string of the molecule is Br.CCOc1nc2c(nc1OCC)C(=N)N(CC(=O)c1cc(OCCCC#N)c(OCCCCC(=O)O)c(C(C)(C)C)c1)C2. The number of fused-ring (bicyclic) bond motifs is 1. The van der Waals surface area contributed by atoms with Crippen molar-refractivity contribution >= 4 is 34.6 Å². The van der Waals surface area contributed by atoms with Crippen LogP contribution in [0.25, 0.3) is 0 Å². The Morgan fingerprint density at radius 3 is 2.30 bits per heavy atom. The van der Waals surface area contributed by atoms with Crippen molar-refractivity contribution in [2.45, 2.75) is 78.7 Å². The molecule has 12 nitrogen and oxygen atoms in total. The van der Waals surface area contributed by atoms with Crippen LogP contribution in [-0.2, 0) is 16.8 Å². The van der Waals surface area contributed by atoms with Gasteiger partial charge in [-0.1, -0.05) is 20.8 Å². The zero-order valence-electron chi connectivity index (χ0n) is 26.0. The molecule has 0 bridgehead atoms. The van der Waals surface area contributed by atoms with Gasteiger partial charge in [0.15, 0.2) is 17.3 Å². The van der Waals surface area contributed by atoms with Crippen LogP contribution in [0.5, 0.6) is 23.3 Å². The summed E-state index contributed by atoms with van der Waals surface area (Å²) in [5.74, 6) is 0.349. The van der Waals surface area contributed by atoms with Crippen molar-refractivity contribution in [1.82, 2.24) is 14.9 Å². The van der Waals surface area contributed by atoms with E-state index in [1.165, 1.54) is 0 Å². The number of aromatic nitrogens is 2. The monoisotopic (exact) mass is 675 g/mol. The van der Waals surface area contributed by atoms with E-state index >= 15 is 0 Å². The lowest BCUT2D eigenvalue weighted by molar-refractivity contribution is -0.137. The molecule has 1 aliphatic rings.